The van der Waals surface area contributed by atoms with Gasteiger partial charge in [-0.05, 0) is 48.2 Å². The maximum Gasteiger partial charge on any atom is 0.231 e. The molecule has 1 saturated heterocycles. The SMILES string of the molecule is C#CCOc1cccc(CN(Cc2ccc3c(c2)OCO3)C[C@@H]2CCCO2)c1. The van der Waals surface area contributed by atoms with Crippen molar-refractivity contribution in [3.8, 4) is 29.6 Å². The van der Waals surface area contributed by atoms with Crippen LogP contribution in [0.5, 0.6) is 17.2 Å². The molecule has 146 valence electrons. The molecule has 1 atom stereocenters. The van der Waals surface area contributed by atoms with Crippen LogP contribution in [0.15, 0.2) is 42.5 Å². The highest BCUT2D eigenvalue weighted by Gasteiger charge is 2.21. The number of nitrogens with zero attached hydrogens (tertiary/aromatic N) is 1. The number of ether oxygens (including phenoxy) is 4. The van der Waals surface area contributed by atoms with Gasteiger partial charge in [-0.1, -0.05) is 24.1 Å². The normalized spacial score (nSPS) is 17.6. The summed E-state index contributed by atoms with van der Waals surface area (Å²) in [4.78, 5) is 2.41. The fraction of sp³-hybridized carbons (Fsp3) is 0.391. The van der Waals surface area contributed by atoms with E-state index in [9.17, 15) is 0 Å². The predicted octanol–water partition coefficient (Wildman–Crippen LogP) is 3.61. The fourth-order valence-corrected chi connectivity index (χ4v) is 3.68. The molecule has 0 saturated carbocycles. The monoisotopic (exact) mass is 379 g/mol. The Morgan fingerprint density at radius 3 is 2.75 bits per heavy atom. The van der Waals surface area contributed by atoms with Crippen molar-refractivity contribution in [1.29, 1.82) is 0 Å². The predicted molar refractivity (Wildman–Crippen MR) is 106 cm³/mol. The number of terminal acetylenes is 1. The van der Waals surface area contributed by atoms with Crippen molar-refractivity contribution >= 4 is 0 Å². The molecule has 0 N–H and O–H groups in total. The van der Waals surface area contributed by atoms with Crippen molar-refractivity contribution in [3.63, 3.8) is 0 Å². The molecule has 0 radical (unpaired) electrons. The molecule has 0 aliphatic carbocycles. The smallest absolute Gasteiger partial charge is 0.231 e. The maximum absolute atomic E-state index is 5.88. The second kappa shape index (κ2) is 9.01. The Morgan fingerprint density at radius 2 is 1.93 bits per heavy atom. The van der Waals surface area contributed by atoms with Crippen LogP contribution >= 0.6 is 0 Å². The minimum absolute atomic E-state index is 0.278. The van der Waals surface area contributed by atoms with Crippen molar-refractivity contribution in [1.82, 2.24) is 4.90 Å². The van der Waals surface area contributed by atoms with Gasteiger partial charge in [0.1, 0.15) is 12.4 Å². The molecule has 4 rings (SSSR count). The standard InChI is InChI=1S/C23H25NO4/c1-2-10-25-20-6-3-5-18(12-20)14-24(16-21-7-4-11-26-21)15-19-8-9-22-23(13-19)28-17-27-22/h1,3,5-6,8-9,12-13,21H,4,7,10-11,14-17H2/t21-/m0/s1. The lowest BCUT2D eigenvalue weighted by Crippen LogP contribution is -2.31. The van der Waals surface area contributed by atoms with E-state index in [-0.39, 0.29) is 12.7 Å². The summed E-state index contributed by atoms with van der Waals surface area (Å²) in [5, 5.41) is 0. The van der Waals surface area contributed by atoms with E-state index in [2.05, 4.69) is 35.1 Å². The lowest BCUT2D eigenvalue weighted by Gasteiger charge is -2.25. The Morgan fingerprint density at radius 1 is 1.07 bits per heavy atom. The number of hydrogen-bond acceptors (Lipinski definition) is 5. The average Bonchev–Trinajstić information content (AvgIpc) is 3.38. The van der Waals surface area contributed by atoms with Crippen LogP contribution in [0.3, 0.4) is 0 Å². The van der Waals surface area contributed by atoms with Gasteiger partial charge >= 0.3 is 0 Å². The Hall–Kier alpha value is -2.68. The lowest BCUT2D eigenvalue weighted by atomic mass is 10.1. The Bertz CT molecular complexity index is 839. The van der Waals surface area contributed by atoms with Crippen LogP contribution in [0.2, 0.25) is 0 Å². The van der Waals surface area contributed by atoms with Crippen molar-refractivity contribution in [2.75, 3.05) is 26.6 Å². The number of fused-ring (bicyclic) bond motifs is 1. The van der Waals surface area contributed by atoms with E-state index in [0.29, 0.717) is 6.79 Å². The highest BCUT2D eigenvalue weighted by Crippen LogP contribution is 2.33. The first kappa shape index (κ1) is 18.7. The third-order valence-corrected chi connectivity index (χ3v) is 4.96. The van der Waals surface area contributed by atoms with Gasteiger partial charge in [0.2, 0.25) is 6.79 Å². The first-order valence-electron chi connectivity index (χ1n) is 9.68. The van der Waals surface area contributed by atoms with Crippen molar-refractivity contribution in [3.05, 3.63) is 53.6 Å². The minimum Gasteiger partial charge on any atom is -0.481 e. The van der Waals surface area contributed by atoms with Crippen LogP contribution in [0.25, 0.3) is 0 Å². The minimum atomic E-state index is 0.278. The van der Waals surface area contributed by atoms with E-state index in [0.717, 1.165) is 56.3 Å². The first-order chi connectivity index (χ1) is 13.8. The molecule has 2 aromatic carbocycles. The van der Waals surface area contributed by atoms with Gasteiger partial charge in [-0.25, -0.2) is 0 Å². The zero-order valence-corrected chi connectivity index (χ0v) is 15.9. The molecule has 5 heteroatoms. The summed E-state index contributed by atoms with van der Waals surface area (Å²) in [7, 11) is 0. The van der Waals surface area contributed by atoms with Gasteiger partial charge in [0.05, 0.1) is 6.10 Å². The second-order valence-corrected chi connectivity index (χ2v) is 7.13. The van der Waals surface area contributed by atoms with Gasteiger partial charge in [0.25, 0.3) is 0 Å². The highest BCUT2D eigenvalue weighted by molar-refractivity contribution is 5.44. The van der Waals surface area contributed by atoms with E-state index in [1.54, 1.807) is 0 Å². The lowest BCUT2D eigenvalue weighted by molar-refractivity contribution is 0.0679. The fourth-order valence-electron chi connectivity index (χ4n) is 3.68. The maximum atomic E-state index is 5.88. The number of rotatable bonds is 8. The molecule has 2 aromatic rings. The van der Waals surface area contributed by atoms with E-state index in [1.165, 1.54) is 11.1 Å². The molecule has 2 aliphatic rings. The highest BCUT2D eigenvalue weighted by atomic mass is 16.7. The summed E-state index contributed by atoms with van der Waals surface area (Å²) in [5.74, 6) is 4.94. The number of hydrogen-bond donors (Lipinski definition) is 0. The molecule has 0 bridgehead atoms. The summed E-state index contributed by atoms with van der Waals surface area (Å²) in [6.45, 7) is 3.94. The Labute approximate surface area is 166 Å². The zero-order valence-electron chi connectivity index (χ0n) is 15.9. The topological polar surface area (TPSA) is 40.2 Å². The van der Waals surface area contributed by atoms with E-state index in [4.69, 9.17) is 25.4 Å². The molecule has 2 aliphatic heterocycles. The van der Waals surface area contributed by atoms with Gasteiger partial charge < -0.3 is 18.9 Å². The molecule has 0 unspecified atom stereocenters. The van der Waals surface area contributed by atoms with Gasteiger partial charge in [0.15, 0.2) is 11.5 Å². The summed E-state index contributed by atoms with van der Waals surface area (Å²) in [6.07, 6.45) is 7.83. The molecular formula is C23H25NO4. The van der Waals surface area contributed by atoms with Gasteiger partial charge in [-0.15, -0.1) is 6.42 Å². The van der Waals surface area contributed by atoms with Crippen molar-refractivity contribution < 1.29 is 18.9 Å². The summed E-state index contributed by atoms with van der Waals surface area (Å²) in [5.41, 5.74) is 2.38. The van der Waals surface area contributed by atoms with Crippen LogP contribution in [-0.4, -0.2) is 37.6 Å². The van der Waals surface area contributed by atoms with Crippen molar-refractivity contribution in [2.24, 2.45) is 0 Å². The zero-order chi connectivity index (χ0) is 19.2. The Kier molecular flexibility index (Phi) is 6.01. The summed E-state index contributed by atoms with van der Waals surface area (Å²) >= 11 is 0. The molecule has 0 aromatic heterocycles. The number of benzene rings is 2. The van der Waals surface area contributed by atoms with E-state index >= 15 is 0 Å². The van der Waals surface area contributed by atoms with Gasteiger partial charge in [0, 0.05) is 26.2 Å². The van der Waals surface area contributed by atoms with Crippen molar-refractivity contribution in [2.45, 2.75) is 32.0 Å². The van der Waals surface area contributed by atoms with Gasteiger partial charge in [-0.2, -0.15) is 0 Å². The van der Waals surface area contributed by atoms with E-state index < -0.39 is 0 Å². The third kappa shape index (κ3) is 4.78. The van der Waals surface area contributed by atoms with Crippen LogP contribution in [-0.2, 0) is 17.8 Å². The molecule has 0 amide bonds. The molecule has 5 nitrogen and oxygen atoms in total. The summed E-state index contributed by atoms with van der Waals surface area (Å²) in [6, 6.07) is 14.3. The quantitative estimate of drug-likeness (QED) is 0.656. The Balaban J connectivity index is 1.47. The van der Waals surface area contributed by atoms with Crippen LogP contribution in [0.4, 0.5) is 0 Å². The molecule has 28 heavy (non-hydrogen) atoms. The van der Waals surface area contributed by atoms with Crippen LogP contribution < -0.4 is 14.2 Å². The summed E-state index contributed by atoms with van der Waals surface area (Å²) < 4.78 is 22.4. The van der Waals surface area contributed by atoms with Gasteiger partial charge in [-0.3, -0.25) is 4.90 Å². The third-order valence-electron chi connectivity index (χ3n) is 4.96. The molecule has 1 fully saturated rings. The average molecular weight is 379 g/mol. The van der Waals surface area contributed by atoms with Crippen LogP contribution in [0.1, 0.15) is 24.0 Å². The van der Waals surface area contributed by atoms with E-state index in [1.807, 2.05) is 18.2 Å². The van der Waals surface area contributed by atoms with Crippen LogP contribution in [0, 0.1) is 12.3 Å². The first-order valence-corrected chi connectivity index (χ1v) is 9.68. The molecule has 2 heterocycles. The molecule has 0 spiro atoms. The largest absolute Gasteiger partial charge is 0.481 e. The molecular weight excluding hydrogens is 354 g/mol. The second-order valence-electron chi connectivity index (χ2n) is 7.13.